The molecule has 90 valence electrons. The maximum atomic E-state index is 10.7. The number of nitrogens with two attached hydrogens (primary N) is 1. The number of primary sulfonamides is 1. The smallest absolute Gasteiger partial charge is 0.209 e. The van der Waals surface area contributed by atoms with E-state index in [1.54, 1.807) is 0 Å². The molecule has 1 heterocycles. The Morgan fingerprint density at radius 1 is 1.50 bits per heavy atom. The van der Waals surface area contributed by atoms with E-state index in [0.717, 1.165) is 11.0 Å². The maximum Gasteiger partial charge on any atom is 0.209 e. The monoisotopic (exact) mass is 262 g/mol. The SMILES string of the molecule is NS(=O)(=O)CCCNc1nc(C2CC2)ns1. The summed E-state index contributed by atoms with van der Waals surface area (Å²) in [6.07, 6.45) is 2.85. The molecule has 0 radical (unpaired) electrons. The first kappa shape index (κ1) is 11.7. The lowest BCUT2D eigenvalue weighted by Gasteiger charge is -2.00. The summed E-state index contributed by atoms with van der Waals surface area (Å²) in [4.78, 5) is 4.32. The van der Waals surface area contributed by atoms with E-state index in [9.17, 15) is 8.42 Å². The van der Waals surface area contributed by atoms with Crippen molar-refractivity contribution >= 4 is 26.7 Å². The van der Waals surface area contributed by atoms with Gasteiger partial charge in [-0.15, -0.1) is 0 Å². The van der Waals surface area contributed by atoms with Crippen LogP contribution in [0.5, 0.6) is 0 Å². The average molecular weight is 262 g/mol. The van der Waals surface area contributed by atoms with E-state index in [0.29, 0.717) is 18.9 Å². The number of hydrogen-bond donors (Lipinski definition) is 2. The molecular formula is C8H14N4O2S2. The van der Waals surface area contributed by atoms with Gasteiger partial charge in [0.25, 0.3) is 0 Å². The summed E-state index contributed by atoms with van der Waals surface area (Å²) in [5, 5.41) is 8.69. The molecule has 0 spiro atoms. The van der Waals surface area contributed by atoms with E-state index < -0.39 is 10.0 Å². The van der Waals surface area contributed by atoms with Gasteiger partial charge in [-0.3, -0.25) is 0 Å². The van der Waals surface area contributed by atoms with Crippen molar-refractivity contribution in [3.63, 3.8) is 0 Å². The number of nitrogens with zero attached hydrogens (tertiary/aromatic N) is 2. The third kappa shape index (κ3) is 3.69. The average Bonchev–Trinajstić information content (AvgIpc) is 2.93. The van der Waals surface area contributed by atoms with Crippen LogP contribution in [0.25, 0.3) is 0 Å². The van der Waals surface area contributed by atoms with Gasteiger partial charge >= 0.3 is 0 Å². The summed E-state index contributed by atoms with van der Waals surface area (Å²) in [5.41, 5.74) is 0. The first-order valence-corrected chi connectivity index (χ1v) is 7.61. The molecule has 2 rings (SSSR count). The molecule has 0 aliphatic heterocycles. The second-order valence-electron chi connectivity index (χ2n) is 3.88. The van der Waals surface area contributed by atoms with Crippen LogP contribution in [0.1, 0.15) is 31.0 Å². The van der Waals surface area contributed by atoms with E-state index >= 15 is 0 Å². The van der Waals surface area contributed by atoms with Crippen LogP contribution >= 0.6 is 11.5 Å². The van der Waals surface area contributed by atoms with Crippen LogP contribution in [0.3, 0.4) is 0 Å². The molecular weight excluding hydrogens is 248 g/mol. The van der Waals surface area contributed by atoms with Crippen LogP contribution in [0.2, 0.25) is 0 Å². The predicted molar refractivity (Wildman–Crippen MR) is 63.0 cm³/mol. The normalized spacial score (nSPS) is 16.3. The molecule has 1 aromatic heterocycles. The molecule has 1 aromatic rings. The van der Waals surface area contributed by atoms with Gasteiger partial charge in [0.1, 0.15) is 5.82 Å². The van der Waals surface area contributed by atoms with E-state index in [1.165, 1.54) is 24.4 Å². The fourth-order valence-corrected chi connectivity index (χ4v) is 2.50. The topological polar surface area (TPSA) is 98.0 Å². The third-order valence-electron chi connectivity index (χ3n) is 2.27. The summed E-state index contributed by atoms with van der Waals surface area (Å²) in [7, 11) is -3.35. The summed E-state index contributed by atoms with van der Waals surface area (Å²) in [6.45, 7) is 0.551. The number of sulfonamides is 1. The molecule has 1 aliphatic rings. The molecule has 0 unspecified atom stereocenters. The summed E-state index contributed by atoms with van der Waals surface area (Å²) in [6, 6.07) is 0. The van der Waals surface area contributed by atoms with Gasteiger partial charge in [0, 0.05) is 24.0 Å². The van der Waals surface area contributed by atoms with Crippen LogP contribution in [-0.4, -0.2) is 30.1 Å². The first-order chi connectivity index (χ1) is 7.54. The van der Waals surface area contributed by atoms with Gasteiger partial charge in [-0.2, -0.15) is 4.37 Å². The highest BCUT2D eigenvalue weighted by atomic mass is 32.2. The Morgan fingerprint density at radius 2 is 2.25 bits per heavy atom. The van der Waals surface area contributed by atoms with E-state index in [-0.39, 0.29) is 5.75 Å². The zero-order valence-corrected chi connectivity index (χ0v) is 10.4. The van der Waals surface area contributed by atoms with Crippen molar-refractivity contribution in [2.45, 2.75) is 25.2 Å². The summed E-state index contributed by atoms with van der Waals surface area (Å²) in [5.74, 6) is 1.46. The van der Waals surface area contributed by atoms with Crippen molar-refractivity contribution in [3.05, 3.63) is 5.82 Å². The Kier molecular flexibility index (Phi) is 3.41. The minimum absolute atomic E-state index is 0.00567. The van der Waals surface area contributed by atoms with Crippen molar-refractivity contribution in [2.75, 3.05) is 17.6 Å². The lowest BCUT2D eigenvalue weighted by molar-refractivity contribution is 0.596. The summed E-state index contributed by atoms with van der Waals surface area (Å²) < 4.78 is 25.6. The summed E-state index contributed by atoms with van der Waals surface area (Å²) >= 11 is 1.32. The number of rotatable bonds is 6. The lowest BCUT2D eigenvalue weighted by atomic mass is 10.4. The highest BCUT2D eigenvalue weighted by Crippen LogP contribution is 2.39. The van der Waals surface area contributed by atoms with Crippen molar-refractivity contribution in [3.8, 4) is 0 Å². The third-order valence-corrected chi connectivity index (χ3v) is 3.81. The minimum Gasteiger partial charge on any atom is -0.360 e. The molecule has 6 nitrogen and oxygen atoms in total. The molecule has 0 aromatic carbocycles. The largest absolute Gasteiger partial charge is 0.360 e. The highest BCUT2D eigenvalue weighted by molar-refractivity contribution is 7.89. The van der Waals surface area contributed by atoms with Gasteiger partial charge in [-0.05, 0) is 19.3 Å². The Balaban J connectivity index is 1.72. The molecule has 1 aliphatic carbocycles. The first-order valence-electron chi connectivity index (χ1n) is 5.12. The Morgan fingerprint density at radius 3 is 2.88 bits per heavy atom. The van der Waals surface area contributed by atoms with Crippen molar-refractivity contribution in [1.29, 1.82) is 0 Å². The molecule has 1 saturated carbocycles. The van der Waals surface area contributed by atoms with E-state index in [2.05, 4.69) is 14.7 Å². The quantitative estimate of drug-likeness (QED) is 0.728. The molecule has 0 bridgehead atoms. The van der Waals surface area contributed by atoms with Gasteiger partial charge in [-0.25, -0.2) is 18.5 Å². The van der Waals surface area contributed by atoms with Gasteiger partial charge in [0.2, 0.25) is 15.2 Å². The highest BCUT2D eigenvalue weighted by Gasteiger charge is 2.27. The second kappa shape index (κ2) is 4.64. The standard InChI is InChI=1S/C8H14N4O2S2/c9-16(13,14)5-1-4-10-8-11-7(12-15-8)6-2-3-6/h6H,1-5H2,(H2,9,13,14)(H,10,11,12). The van der Waals surface area contributed by atoms with Gasteiger partial charge in [0.15, 0.2) is 0 Å². The van der Waals surface area contributed by atoms with Crippen LogP contribution < -0.4 is 10.5 Å². The molecule has 8 heteroatoms. The van der Waals surface area contributed by atoms with Gasteiger partial charge in [-0.1, -0.05) is 0 Å². The number of nitrogens with one attached hydrogen (secondary N) is 1. The van der Waals surface area contributed by atoms with Crippen LogP contribution in [0.4, 0.5) is 5.13 Å². The fourth-order valence-electron chi connectivity index (χ4n) is 1.28. The zero-order valence-electron chi connectivity index (χ0n) is 8.72. The van der Waals surface area contributed by atoms with Gasteiger partial charge in [0.05, 0.1) is 5.75 Å². The number of hydrogen-bond acceptors (Lipinski definition) is 6. The second-order valence-corrected chi connectivity index (χ2v) is 6.37. The molecule has 0 amide bonds. The molecule has 3 N–H and O–H groups in total. The Bertz CT molecular complexity index is 452. The molecule has 1 fully saturated rings. The molecule has 0 saturated heterocycles. The fraction of sp³-hybridized carbons (Fsp3) is 0.750. The lowest BCUT2D eigenvalue weighted by Crippen LogP contribution is -2.18. The zero-order chi connectivity index (χ0) is 11.6. The van der Waals surface area contributed by atoms with E-state index in [4.69, 9.17) is 5.14 Å². The number of anilines is 1. The molecule has 0 atom stereocenters. The maximum absolute atomic E-state index is 10.7. The van der Waals surface area contributed by atoms with Crippen LogP contribution in [-0.2, 0) is 10.0 Å². The van der Waals surface area contributed by atoms with Crippen LogP contribution in [0, 0.1) is 0 Å². The van der Waals surface area contributed by atoms with Crippen molar-refractivity contribution < 1.29 is 8.42 Å². The predicted octanol–water partition coefficient (Wildman–Crippen LogP) is 0.506. The molecule has 16 heavy (non-hydrogen) atoms. The number of aromatic nitrogens is 2. The van der Waals surface area contributed by atoms with Crippen molar-refractivity contribution in [2.24, 2.45) is 5.14 Å². The van der Waals surface area contributed by atoms with Crippen LogP contribution in [0.15, 0.2) is 0 Å². The minimum atomic E-state index is -3.35. The Hall–Kier alpha value is -0.730. The van der Waals surface area contributed by atoms with E-state index in [1.807, 2.05) is 0 Å². The Labute approximate surface area is 98.5 Å². The van der Waals surface area contributed by atoms with Crippen molar-refractivity contribution in [1.82, 2.24) is 9.36 Å². The van der Waals surface area contributed by atoms with Gasteiger partial charge < -0.3 is 5.32 Å².